The second kappa shape index (κ2) is 4.97. The van der Waals surface area contributed by atoms with Crippen molar-refractivity contribution < 1.29 is 14.6 Å². The van der Waals surface area contributed by atoms with Gasteiger partial charge in [-0.15, -0.1) is 0 Å². The minimum Gasteiger partial charge on any atom is -0.481 e. The molecule has 0 aromatic heterocycles. The summed E-state index contributed by atoms with van der Waals surface area (Å²) in [7, 11) is 0. The van der Waals surface area contributed by atoms with Crippen LogP contribution < -0.4 is 0 Å². The maximum atomic E-state index is 11.7. The molecule has 98 valence electrons. The summed E-state index contributed by atoms with van der Waals surface area (Å²) in [4.78, 5) is 11.7. The van der Waals surface area contributed by atoms with Crippen LogP contribution in [0.2, 0.25) is 0 Å². The van der Waals surface area contributed by atoms with E-state index >= 15 is 0 Å². The molecule has 0 spiro atoms. The van der Waals surface area contributed by atoms with Crippen molar-refractivity contribution in [1.29, 1.82) is 0 Å². The fourth-order valence-corrected chi connectivity index (χ4v) is 3.53. The largest absolute Gasteiger partial charge is 0.481 e. The minimum absolute atomic E-state index is 0.312. The van der Waals surface area contributed by atoms with E-state index < -0.39 is 11.4 Å². The first-order valence-electron chi connectivity index (χ1n) is 6.87. The van der Waals surface area contributed by atoms with Gasteiger partial charge in [-0.3, -0.25) is 4.79 Å². The summed E-state index contributed by atoms with van der Waals surface area (Å²) in [5.41, 5.74) is -0.591. The van der Waals surface area contributed by atoms with E-state index in [0.29, 0.717) is 18.4 Å². The van der Waals surface area contributed by atoms with Crippen molar-refractivity contribution in [1.82, 2.24) is 0 Å². The van der Waals surface area contributed by atoms with Crippen LogP contribution in [-0.4, -0.2) is 24.3 Å². The second-order valence-corrected chi connectivity index (χ2v) is 6.08. The molecule has 3 nitrogen and oxygen atoms in total. The Hall–Kier alpha value is -0.570. The fourth-order valence-electron chi connectivity index (χ4n) is 3.53. The SMILES string of the molecule is CC1CCC(C2(C(=O)O)CCCOC2)CC1C. The van der Waals surface area contributed by atoms with E-state index in [1.807, 2.05) is 0 Å². The third kappa shape index (κ3) is 2.35. The van der Waals surface area contributed by atoms with Gasteiger partial charge in [-0.2, -0.15) is 0 Å². The number of carbonyl (C=O) groups is 1. The molecule has 0 aromatic carbocycles. The molecule has 1 aliphatic heterocycles. The molecule has 4 unspecified atom stereocenters. The fraction of sp³-hybridized carbons (Fsp3) is 0.929. The molecular weight excluding hydrogens is 216 g/mol. The number of ether oxygens (including phenoxy) is 1. The lowest BCUT2D eigenvalue weighted by molar-refractivity contribution is -0.166. The molecule has 1 N–H and O–H groups in total. The summed E-state index contributed by atoms with van der Waals surface area (Å²) in [6.45, 7) is 5.70. The van der Waals surface area contributed by atoms with Crippen LogP contribution in [-0.2, 0) is 9.53 Å². The highest BCUT2D eigenvalue weighted by atomic mass is 16.5. The molecule has 0 aromatic rings. The Morgan fingerprint density at radius 1 is 1.29 bits per heavy atom. The topological polar surface area (TPSA) is 46.5 Å². The van der Waals surface area contributed by atoms with E-state index in [1.54, 1.807) is 0 Å². The average Bonchev–Trinajstić information content (AvgIpc) is 2.33. The molecule has 2 aliphatic rings. The van der Waals surface area contributed by atoms with E-state index in [9.17, 15) is 9.90 Å². The smallest absolute Gasteiger partial charge is 0.312 e. The van der Waals surface area contributed by atoms with Crippen LogP contribution in [0.4, 0.5) is 0 Å². The maximum Gasteiger partial charge on any atom is 0.312 e. The number of hydrogen-bond acceptors (Lipinski definition) is 2. The molecule has 2 fully saturated rings. The van der Waals surface area contributed by atoms with Crippen LogP contribution in [0.15, 0.2) is 0 Å². The first-order chi connectivity index (χ1) is 8.06. The zero-order valence-corrected chi connectivity index (χ0v) is 10.9. The van der Waals surface area contributed by atoms with Gasteiger partial charge in [0.1, 0.15) is 0 Å². The summed E-state index contributed by atoms with van der Waals surface area (Å²) in [5.74, 6) is 1.06. The molecule has 0 radical (unpaired) electrons. The van der Waals surface area contributed by atoms with E-state index in [1.165, 1.54) is 6.42 Å². The Bertz CT molecular complexity index is 281. The summed E-state index contributed by atoms with van der Waals surface area (Å²) >= 11 is 0. The van der Waals surface area contributed by atoms with Gasteiger partial charge in [-0.25, -0.2) is 0 Å². The molecule has 17 heavy (non-hydrogen) atoms. The molecule has 1 saturated heterocycles. The van der Waals surface area contributed by atoms with Crippen LogP contribution in [0.3, 0.4) is 0 Å². The van der Waals surface area contributed by atoms with Crippen molar-refractivity contribution >= 4 is 5.97 Å². The Morgan fingerprint density at radius 2 is 2.06 bits per heavy atom. The highest BCUT2D eigenvalue weighted by Crippen LogP contribution is 2.47. The number of carboxylic acid groups (broad SMARTS) is 1. The quantitative estimate of drug-likeness (QED) is 0.807. The van der Waals surface area contributed by atoms with Crippen molar-refractivity contribution in [2.24, 2.45) is 23.2 Å². The van der Waals surface area contributed by atoms with E-state index in [-0.39, 0.29) is 0 Å². The van der Waals surface area contributed by atoms with Gasteiger partial charge in [0.05, 0.1) is 12.0 Å². The van der Waals surface area contributed by atoms with Crippen LogP contribution in [0.25, 0.3) is 0 Å². The number of rotatable bonds is 2. The number of hydrogen-bond donors (Lipinski definition) is 1. The summed E-state index contributed by atoms with van der Waals surface area (Å²) in [6.07, 6.45) is 4.97. The van der Waals surface area contributed by atoms with Crippen molar-refractivity contribution in [2.45, 2.75) is 46.0 Å². The van der Waals surface area contributed by atoms with Crippen molar-refractivity contribution in [3.05, 3.63) is 0 Å². The summed E-state index contributed by atoms with van der Waals surface area (Å²) in [5, 5.41) is 9.61. The van der Waals surface area contributed by atoms with E-state index in [0.717, 1.165) is 38.2 Å². The lowest BCUT2D eigenvalue weighted by atomic mass is 9.62. The van der Waals surface area contributed by atoms with Gasteiger partial charge in [0, 0.05) is 6.61 Å². The molecular formula is C14H24O3. The van der Waals surface area contributed by atoms with Crippen LogP contribution in [0.1, 0.15) is 46.0 Å². The van der Waals surface area contributed by atoms with Gasteiger partial charge in [0.2, 0.25) is 0 Å². The van der Waals surface area contributed by atoms with Crippen molar-refractivity contribution in [3.8, 4) is 0 Å². The first kappa shape index (κ1) is 12.9. The Kier molecular flexibility index (Phi) is 3.76. The average molecular weight is 240 g/mol. The lowest BCUT2D eigenvalue weighted by Gasteiger charge is -2.44. The molecule has 2 rings (SSSR count). The third-order valence-electron chi connectivity index (χ3n) is 5.08. The standard InChI is InChI=1S/C14H24O3/c1-10-4-5-12(8-11(10)2)14(13(15)16)6-3-7-17-9-14/h10-12H,3-9H2,1-2H3,(H,15,16). The lowest BCUT2D eigenvalue weighted by Crippen LogP contribution is -2.47. The second-order valence-electron chi connectivity index (χ2n) is 6.08. The highest BCUT2D eigenvalue weighted by molar-refractivity contribution is 5.75. The number of aliphatic carboxylic acids is 1. The molecule has 1 heterocycles. The van der Waals surface area contributed by atoms with Gasteiger partial charge in [0.15, 0.2) is 0 Å². The summed E-state index contributed by atoms with van der Waals surface area (Å²) in [6, 6.07) is 0. The molecule has 3 heteroatoms. The molecule has 0 amide bonds. The van der Waals surface area contributed by atoms with Gasteiger partial charge < -0.3 is 9.84 Å². The predicted octanol–water partition coefficient (Wildman–Crippen LogP) is 2.94. The summed E-state index contributed by atoms with van der Waals surface area (Å²) < 4.78 is 5.48. The zero-order chi connectivity index (χ0) is 12.5. The Morgan fingerprint density at radius 3 is 2.59 bits per heavy atom. The van der Waals surface area contributed by atoms with E-state index in [2.05, 4.69) is 13.8 Å². The molecule has 1 aliphatic carbocycles. The third-order valence-corrected chi connectivity index (χ3v) is 5.08. The van der Waals surface area contributed by atoms with Crippen molar-refractivity contribution in [2.75, 3.05) is 13.2 Å². The predicted molar refractivity (Wildman–Crippen MR) is 65.8 cm³/mol. The Labute approximate surface area is 104 Å². The zero-order valence-electron chi connectivity index (χ0n) is 10.9. The van der Waals surface area contributed by atoms with Gasteiger partial charge in [-0.05, 0) is 43.4 Å². The van der Waals surface area contributed by atoms with Gasteiger partial charge in [0.25, 0.3) is 0 Å². The maximum absolute atomic E-state index is 11.7. The molecule has 1 saturated carbocycles. The van der Waals surface area contributed by atoms with Gasteiger partial charge >= 0.3 is 5.97 Å². The van der Waals surface area contributed by atoms with Crippen LogP contribution in [0, 0.1) is 23.2 Å². The van der Waals surface area contributed by atoms with Crippen LogP contribution >= 0.6 is 0 Å². The van der Waals surface area contributed by atoms with Crippen LogP contribution in [0.5, 0.6) is 0 Å². The minimum atomic E-state index is -0.635. The highest BCUT2D eigenvalue weighted by Gasteiger charge is 2.48. The molecule has 0 bridgehead atoms. The normalized spacial score (nSPS) is 43.3. The first-order valence-corrected chi connectivity index (χ1v) is 6.87. The number of carboxylic acids is 1. The van der Waals surface area contributed by atoms with Crippen molar-refractivity contribution in [3.63, 3.8) is 0 Å². The van der Waals surface area contributed by atoms with Gasteiger partial charge in [-0.1, -0.05) is 20.3 Å². The van der Waals surface area contributed by atoms with E-state index in [4.69, 9.17) is 4.74 Å². The monoisotopic (exact) mass is 240 g/mol. The Balaban J connectivity index is 2.13. The molecule has 4 atom stereocenters.